The Hall–Kier alpha value is -1.85. The molecule has 1 aromatic carbocycles. The molecule has 1 aliphatic rings. The number of likely N-dealkylation sites (tertiary alicyclic amines) is 1. The lowest BCUT2D eigenvalue weighted by molar-refractivity contribution is -0.123. The van der Waals surface area contributed by atoms with Crippen molar-refractivity contribution in [1.82, 2.24) is 10.2 Å². The van der Waals surface area contributed by atoms with E-state index >= 15 is 0 Å². The molecule has 0 aliphatic carbocycles. The fraction of sp³-hybridized carbons (Fsp3) is 0.500. The number of piperidine rings is 1. The molecule has 0 radical (unpaired) electrons. The van der Waals surface area contributed by atoms with E-state index in [-0.39, 0.29) is 18.6 Å². The summed E-state index contributed by atoms with van der Waals surface area (Å²) in [7, 11) is 0. The standard InChI is InChI=1S/C22H30N2O2S/c1-16-9-11-24(12-10-16)19(21-8-5-13-27-21)14-23-22(25)15-26-20-7-4-6-17(2)18(20)3/h4-8,13,16,19H,9-12,14-15H2,1-3H3,(H,23,25)/t19-/m0/s1. The number of nitrogens with one attached hydrogen (secondary N) is 1. The van der Waals surface area contributed by atoms with Crippen molar-refractivity contribution in [2.24, 2.45) is 5.92 Å². The quantitative estimate of drug-likeness (QED) is 0.770. The minimum Gasteiger partial charge on any atom is -0.483 e. The summed E-state index contributed by atoms with van der Waals surface area (Å²) in [5.74, 6) is 1.51. The second kappa shape index (κ2) is 9.38. The first kappa shape index (κ1) is 19.9. The molecule has 0 bridgehead atoms. The van der Waals surface area contributed by atoms with Crippen molar-refractivity contribution in [3.05, 3.63) is 51.7 Å². The lowest BCUT2D eigenvalue weighted by atomic mass is 9.97. The highest BCUT2D eigenvalue weighted by atomic mass is 32.1. The van der Waals surface area contributed by atoms with Crippen LogP contribution in [0.2, 0.25) is 0 Å². The maximum Gasteiger partial charge on any atom is 0.258 e. The van der Waals surface area contributed by atoms with Gasteiger partial charge in [-0.05, 0) is 74.3 Å². The number of benzene rings is 1. The van der Waals surface area contributed by atoms with Gasteiger partial charge in [-0.2, -0.15) is 0 Å². The van der Waals surface area contributed by atoms with Gasteiger partial charge in [-0.3, -0.25) is 9.69 Å². The van der Waals surface area contributed by atoms with E-state index in [1.54, 1.807) is 11.3 Å². The molecule has 1 N–H and O–H groups in total. The summed E-state index contributed by atoms with van der Waals surface area (Å²) in [4.78, 5) is 16.2. The minimum absolute atomic E-state index is 0.0541. The Morgan fingerprint density at radius 1 is 1.26 bits per heavy atom. The zero-order valence-corrected chi connectivity index (χ0v) is 17.3. The molecule has 0 spiro atoms. The number of carbonyl (C=O) groups is 1. The zero-order chi connectivity index (χ0) is 19.2. The normalized spacial score (nSPS) is 16.9. The highest BCUT2D eigenvalue weighted by Crippen LogP contribution is 2.29. The summed E-state index contributed by atoms with van der Waals surface area (Å²) in [6, 6.07) is 10.4. The molecule has 1 aromatic heterocycles. The van der Waals surface area contributed by atoms with Crippen molar-refractivity contribution >= 4 is 17.2 Å². The van der Waals surface area contributed by atoms with Crippen molar-refractivity contribution in [3.8, 4) is 5.75 Å². The van der Waals surface area contributed by atoms with Crippen LogP contribution >= 0.6 is 11.3 Å². The van der Waals surface area contributed by atoms with Crippen LogP contribution in [0, 0.1) is 19.8 Å². The largest absolute Gasteiger partial charge is 0.483 e. The Morgan fingerprint density at radius 3 is 2.74 bits per heavy atom. The third kappa shape index (κ3) is 5.33. The fourth-order valence-corrected chi connectivity index (χ4v) is 4.38. The highest BCUT2D eigenvalue weighted by Gasteiger charge is 2.25. The third-order valence-corrected chi connectivity index (χ3v) is 6.51. The van der Waals surface area contributed by atoms with Crippen LogP contribution in [0.5, 0.6) is 5.75 Å². The molecule has 1 saturated heterocycles. The molecule has 1 aliphatic heterocycles. The molecular weight excluding hydrogens is 356 g/mol. The van der Waals surface area contributed by atoms with Crippen LogP contribution in [0.3, 0.4) is 0 Å². The number of hydrogen-bond acceptors (Lipinski definition) is 4. The maximum absolute atomic E-state index is 12.4. The predicted molar refractivity (Wildman–Crippen MR) is 111 cm³/mol. The molecule has 3 rings (SSSR count). The van der Waals surface area contributed by atoms with E-state index in [1.807, 2.05) is 32.0 Å². The van der Waals surface area contributed by atoms with Crippen molar-refractivity contribution in [2.75, 3.05) is 26.2 Å². The molecule has 146 valence electrons. The molecule has 2 aromatic rings. The summed E-state index contributed by atoms with van der Waals surface area (Å²) in [6.45, 7) is 9.27. The second-order valence-corrected chi connectivity index (χ2v) is 8.52. The van der Waals surface area contributed by atoms with E-state index < -0.39 is 0 Å². The van der Waals surface area contributed by atoms with E-state index in [1.165, 1.54) is 23.3 Å². The summed E-state index contributed by atoms with van der Waals surface area (Å²) in [5, 5.41) is 5.20. The number of thiophene rings is 1. The van der Waals surface area contributed by atoms with Crippen molar-refractivity contribution < 1.29 is 9.53 Å². The zero-order valence-electron chi connectivity index (χ0n) is 16.5. The van der Waals surface area contributed by atoms with Crippen molar-refractivity contribution in [2.45, 2.75) is 39.7 Å². The molecule has 0 unspecified atom stereocenters. The van der Waals surface area contributed by atoms with E-state index in [9.17, 15) is 4.79 Å². The van der Waals surface area contributed by atoms with Crippen LogP contribution in [0.1, 0.15) is 41.8 Å². The molecule has 27 heavy (non-hydrogen) atoms. The van der Waals surface area contributed by atoms with Gasteiger partial charge in [-0.25, -0.2) is 0 Å². The van der Waals surface area contributed by atoms with Crippen LogP contribution in [-0.2, 0) is 4.79 Å². The van der Waals surface area contributed by atoms with Gasteiger partial charge in [0.2, 0.25) is 0 Å². The number of hydrogen-bond donors (Lipinski definition) is 1. The van der Waals surface area contributed by atoms with Gasteiger partial charge < -0.3 is 10.1 Å². The van der Waals surface area contributed by atoms with Gasteiger partial charge in [0.15, 0.2) is 6.61 Å². The van der Waals surface area contributed by atoms with Crippen LogP contribution in [0.4, 0.5) is 0 Å². The van der Waals surface area contributed by atoms with E-state index in [0.717, 1.165) is 30.3 Å². The number of ether oxygens (including phenoxy) is 1. The van der Waals surface area contributed by atoms with Crippen molar-refractivity contribution in [3.63, 3.8) is 0 Å². The number of rotatable bonds is 7. The van der Waals surface area contributed by atoms with Gasteiger partial charge in [0.1, 0.15) is 5.75 Å². The predicted octanol–water partition coefficient (Wildman–Crippen LogP) is 4.33. The highest BCUT2D eigenvalue weighted by molar-refractivity contribution is 7.10. The first-order valence-corrected chi connectivity index (χ1v) is 10.7. The monoisotopic (exact) mass is 386 g/mol. The molecule has 1 amide bonds. The van der Waals surface area contributed by atoms with Gasteiger partial charge in [0.05, 0.1) is 6.04 Å². The Balaban J connectivity index is 1.55. The summed E-state index contributed by atoms with van der Waals surface area (Å²) >= 11 is 1.77. The topological polar surface area (TPSA) is 41.6 Å². The smallest absolute Gasteiger partial charge is 0.258 e. The Bertz CT molecular complexity index is 737. The second-order valence-electron chi connectivity index (χ2n) is 7.54. The average Bonchev–Trinajstić information content (AvgIpc) is 3.19. The molecule has 4 nitrogen and oxygen atoms in total. The summed E-state index contributed by atoms with van der Waals surface area (Å²) in [5.41, 5.74) is 2.26. The van der Waals surface area contributed by atoms with Gasteiger partial charge >= 0.3 is 0 Å². The molecule has 1 fully saturated rings. The molecular formula is C22H30N2O2S. The SMILES string of the molecule is Cc1cccc(OCC(=O)NC[C@@H](c2cccs2)N2CCC(C)CC2)c1C. The first-order chi connectivity index (χ1) is 13.0. The lowest BCUT2D eigenvalue weighted by Crippen LogP contribution is -2.42. The van der Waals surface area contributed by atoms with Gasteiger partial charge in [-0.1, -0.05) is 25.1 Å². The fourth-order valence-electron chi connectivity index (χ4n) is 3.52. The Labute approximate surface area is 166 Å². The molecule has 0 saturated carbocycles. The van der Waals surface area contributed by atoms with Crippen LogP contribution in [-0.4, -0.2) is 37.0 Å². The number of amides is 1. The lowest BCUT2D eigenvalue weighted by Gasteiger charge is -2.36. The number of nitrogens with zero attached hydrogens (tertiary/aromatic N) is 1. The van der Waals surface area contributed by atoms with Crippen LogP contribution in [0.25, 0.3) is 0 Å². The summed E-state index contributed by atoms with van der Waals surface area (Å²) < 4.78 is 5.74. The van der Waals surface area contributed by atoms with Crippen LogP contribution in [0.15, 0.2) is 35.7 Å². The average molecular weight is 387 g/mol. The molecule has 1 atom stereocenters. The van der Waals surface area contributed by atoms with E-state index in [2.05, 4.69) is 34.7 Å². The van der Waals surface area contributed by atoms with E-state index in [4.69, 9.17) is 4.74 Å². The summed E-state index contributed by atoms with van der Waals surface area (Å²) in [6.07, 6.45) is 2.46. The molecule has 2 heterocycles. The third-order valence-electron chi connectivity index (χ3n) is 5.54. The minimum atomic E-state index is -0.0668. The van der Waals surface area contributed by atoms with Gasteiger partial charge in [0.25, 0.3) is 5.91 Å². The number of aryl methyl sites for hydroxylation is 1. The van der Waals surface area contributed by atoms with Gasteiger partial charge in [0, 0.05) is 11.4 Å². The Morgan fingerprint density at radius 2 is 2.04 bits per heavy atom. The van der Waals surface area contributed by atoms with Crippen molar-refractivity contribution in [1.29, 1.82) is 0 Å². The molecule has 5 heteroatoms. The van der Waals surface area contributed by atoms with E-state index in [0.29, 0.717) is 6.54 Å². The van der Waals surface area contributed by atoms with Crippen LogP contribution < -0.4 is 10.1 Å². The Kier molecular flexibility index (Phi) is 6.91. The number of carbonyl (C=O) groups excluding carboxylic acids is 1. The maximum atomic E-state index is 12.4. The van der Waals surface area contributed by atoms with Gasteiger partial charge in [-0.15, -0.1) is 11.3 Å². The first-order valence-electron chi connectivity index (χ1n) is 9.77.